The van der Waals surface area contributed by atoms with Crippen molar-refractivity contribution in [1.29, 1.82) is 0 Å². The number of hydrogen-bond donors (Lipinski definition) is 2. The van der Waals surface area contributed by atoms with Gasteiger partial charge in [-0.15, -0.1) is 0 Å². The number of aromatic amines is 1. The number of aryl methyl sites for hydroxylation is 2. The molecule has 0 aliphatic rings. The number of carbonyl (C=O) groups excluding carboxylic acids is 1. The van der Waals surface area contributed by atoms with E-state index in [-0.39, 0.29) is 5.56 Å². The van der Waals surface area contributed by atoms with Gasteiger partial charge in [-0.1, -0.05) is 64.8 Å². The quantitative estimate of drug-likeness (QED) is 0.192. The molecule has 6 nitrogen and oxygen atoms in total. The second kappa shape index (κ2) is 14.8. The number of pyridine rings is 1. The van der Waals surface area contributed by atoms with E-state index in [1.54, 1.807) is 24.3 Å². The fraction of sp³-hybridized carbons (Fsp3) is 0.333. The number of nitrogens with one attached hydrogen (secondary N) is 2. The van der Waals surface area contributed by atoms with E-state index in [4.69, 9.17) is 9.15 Å². The summed E-state index contributed by atoms with van der Waals surface area (Å²) >= 11 is 0. The predicted molar refractivity (Wildman–Crippen MR) is 160 cm³/mol. The largest absolute Gasteiger partial charge is 0.494 e. The summed E-state index contributed by atoms with van der Waals surface area (Å²) in [6.45, 7) is 10.7. The van der Waals surface area contributed by atoms with Gasteiger partial charge in [-0.25, -0.2) is 0 Å². The molecular weight excluding hydrogens is 488 g/mol. The van der Waals surface area contributed by atoms with Crippen LogP contribution >= 0.6 is 0 Å². The molecule has 0 aliphatic heterocycles. The zero-order chi connectivity index (χ0) is 28.2. The molecule has 0 saturated carbocycles. The van der Waals surface area contributed by atoms with E-state index in [9.17, 15) is 9.59 Å². The summed E-state index contributed by atoms with van der Waals surface area (Å²) in [6.07, 6.45) is 5.30. The standard InChI is InChI=1S/C31H34N2O4.C2H6/c1-4-7-8-9-21-10-12-22(13-11-21)27-20-26(28-19-18-24(5-2)37-28)29(31(35)33-27)30(34)32-23-14-16-25(17-15-23)36-6-3;1-2/h10-20H,4-9H2,1-3H3,(H,32,34)(H,33,35);1-2H3. The fourth-order valence-corrected chi connectivity index (χ4v) is 4.27. The fourth-order valence-electron chi connectivity index (χ4n) is 4.27. The summed E-state index contributed by atoms with van der Waals surface area (Å²) in [5.74, 6) is 1.47. The second-order valence-corrected chi connectivity index (χ2v) is 8.99. The van der Waals surface area contributed by atoms with Crippen LogP contribution in [0.25, 0.3) is 22.6 Å². The third-order valence-electron chi connectivity index (χ3n) is 6.29. The van der Waals surface area contributed by atoms with Crippen molar-refractivity contribution in [3.8, 4) is 28.3 Å². The number of furan rings is 1. The Morgan fingerprint density at radius 1 is 0.923 bits per heavy atom. The molecule has 0 unspecified atom stereocenters. The van der Waals surface area contributed by atoms with Crippen molar-refractivity contribution in [2.24, 2.45) is 0 Å². The first-order valence-corrected chi connectivity index (χ1v) is 14.0. The van der Waals surface area contributed by atoms with Crippen LogP contribution in [0.5, 0.6) is 5.75 Å². The minimum atomic E-state index is -0.507. The number of hydrogen-bond acceptors (Lipinski definition) is 4. The van der Waals surface area contributed by atoms with Gasteiger partial charge in [0.2, 0.25) is 0 Å². The Kier molecular flexibility index (Phi) is 11.2. The lowest BCUT2D eigenvalue weighted by Crippen LogP contribution is -2.24. The van der Waals surface area contributed by atoms with Crippen LogP contribution in [0.1, 0.15) is 75.6 Å². The zero-order valence-electron chi connectivity index (χ0n) is 23.7. The molecule has 39 heavy (non-hydrogen) atoms. The van der Waals surface area contributed by atoms with Crippen LogP contribution in [0.2, 0.25) is 0 Å². The number of rotatable bonds is 11. The Hall–Kier alpha value is -4.06. The smallest absolute Gasteiger partial charge is 0.262 e. The van der Waals surface area contributed by atoms with Crippen molar-refractivity contribution in [3.63, 3.8) is 0 Å². The van der Waals surface area contributed by atoms with E-state index in [1.165, 1.54) is 18.4 Å². The maximum atomic E-state index is 13.3. The number of H-pyrrole nitrogens is 1. The van der Waals surface area contributed by atoms with Crippen molar-refractivity contribution in [2.45, 2.75) is 66.7 Å². The van der Waals surface area contributed by atoms with Gasteiger partial charge in [0.25, 0.3) is 11.5 Å². The summed E-state index contributed by atoms with van der Waals surface area (Å²) in [5, 5.41) is 2.83. The number of aromatic nitrogens is 1. The molecule has 0 radical (unpaired) electrons. The predicted octanol–water partition coefficient (Wildman–Crippen LogP) is 8.27. The van der Waals surface area contributed by atoms with Crippen LogP contribution in [-0.4, -0.2) is 17.5 Å². The van der Waals surface area contributed by atoms with Crippen LogP contribution in [-0.2, 0) is 12.8 Å². The summed E-state index contributed by atoms with van der Waals surface area (Å²) in [6, 6.07) is 20.7. The molecule has 0 atom stereocenters. The third kappa shape index (κ3) is 7.73. The van der Waals surface area contributed by atoms with Gasteiger partial charge in [0.15, 0.2) is 0 Å². The lowest BCUT2D eigenvalue weighted by molar-refractivity contribution is 0.102. The Balaban J connectivity index is 0.00000205. The SMILES string of the molecule is CC.CCCCCc1ccc(-c2cc(-c3ccc(CC)o3)c(C(=O)Nc3ccc(OCC)cc3)c(=O)[nH]2)cc1. The second-order valence-electron chi connectivity index (χ2n) is 8.99. The number of amides is 1. The molecule has 2 N–H and O–H groups in total. The molecule has 0 saturated heterocycles. The Morgan fingerprint density at radius 3 is 2.26 bits per heavy atom. The van der Waals surface area contributed by atoms with Gasteiger partial charge in [0, 0.05) is 23.4 Å². The number of benzene rings is 2. The van der Waals surface area contributed by atoms with Crippen LogP contribution in [0.3, 0.4) is 0 Å². The number of unbranched alkanes of at least 4 members (excludes halogenated alkanes) is 2. The van der Waals surface area contributed by atoms with Crippen molar-refractivity contribution < 1.29 is 13.9 Å². The Morgan fingerprint density at radius 2 is 1.64 bits per heavy atom. The maximum Gasteiger partial charge on any atom is 0.262 e. The molecule has 1 amide bonds. The number of ether oxygens (including phenoxy) is 1. The molecule has 2 aromatic heterocycles. The molecule has 4 aromatic rings. The van der Waals surface area contributed by atoms with E-state index in [0.29, 0.717) is 41.5 Å². The average Bonchev–Trinajstić information content (AvgIpc) is 3.45. The van der Waals surface area contributed by atoms with Gasteiger partial charge in [0.05, 0.1) is 6.61 Å². The van der Waals surface area contributed by atoms with Crippen LogP contribution < -0.4 is 15.6 Å². The highest BCUT2D eigenvalue weighted by molar-refractivity contribution is 6.08. The number of carbonyl (C=O) groups is 1. The van der Waals surface area contributed by atoms with Crippen molar-refractivity contribution in [3.05, 3.63) is 94.0 Å². The molecule has 0 bridgehead atoms. The lowest BCUT2D eigenvalue weighted by atomic mass is 10.0. The van der Waals surface area contributed by atoms with E-state index in [1.807, 2.05) is 58.0 Å². The van der Waals surface area contributed by atoms with E-state index in [0.717, 1.165) is 24.2 Å². The van der Waals surface area contributed by atoms with E-state index < -0.39 is 11.5 Å². The molecular formula is C33H40N2O4. The van der Waals surface area contributed by atoms with Crippen LogP contribution in [0, 0.1) is 0 Å². The highest BCUT2D eigenvalue weighted by Crippen LogP contribution is 2.29. The van der Waals surface area contributed by atoms with Crippen molar-refractivity contribution in [2.75, 3.05) is 11.9 Å². The highest BCUT2D eigenvalue weighted by atomic mass is 16.5. The molecule has 2 aromatic carbocycles. The monoisotopic (exact) mass is 528 g/mol. The Bertz CT molecular complexity index is 1380. The van der Waals surface area contributed by atoms with Crippen molar-refractivity contribution >= 4 is 11.6 Å². The molecule has 6 heteroatoms. The number of anilines is 1. The van der Waals surface area contributed by atoms with Crippen LogP contribution in [0.15, 0.2) is 75.9 Å². The average molecular weight is 529 g/mol. The van der Waals surface area contributed by atoms with Gasteiger partial charge in [0.1, 0.15) is 22.8 Å². The summed E-state index contributed by atoms with van der Waals surface area (Å²) in [4.78, 5) is 29.6. The first-order valence-electron chi connectivity index (χ1n) is 14.0. The van der Waals surface area contributed by atoms with Gasteiger partial charge in [-0.2, -0.15) is 0 Å². The first-order chi connectivity index (χ1) is 19.0. The molecule has 0 spiro atoms. The normalized spacial score (nSPS) is 10.5. The zero-order valence-corrected chi connectivity index (χ0v) is 23.7. The minimum Gasteiger partial charge on any atom is -0.494 e. The van der Waals surface area contributed by atoms with Crippen LogP contribution in [0.4, 0.5) is 5.69 Å². The molecule has 2 heterocycles. The summed E-state index contributed by atoms with van der Waals surface area (Å²) < 4.78 is 11.4. The Labute approximate surface area is 231 Å². The molecule has 0 aliphatic carbocycles. The van der Waals surface area contributed by atoms with Gasteiger partial charge >= 0.3 is 0 Å². The molecule has 206 valence electrons. The summed E-state index contributed by atoms with van der Waals surface area (Å²) in [5.41, 5.74) is 3.32. The summed E-state index contributed by atoms with van der Waals surface area (Å²) in [7, 11) is 0. The highest BCUT2D eigenvalue weighted by Gasteiger charge is 2.22. The van der Waals surface area contributed by atoms with Gasteiger partial charge in [-0.05, 0) is 73.4 Å². The maximum absolute atomic E-state index is 13.3. The van der Waals surface area contributed by atoms with E-state index in [2.05, 4.69) is 29.4 Å². The third-order valence-corrected chi connectivity index (χ3v) is 6.29. The molecule has 4 rings (SSSR count). The van der Waals surface area contributed by atoms with Gasteiger partial charge in [-0.3, -0.25) is 9.59 Å². The first kappa shape index (κ1) is 29.5. The minimum absolute atomic E-state index is 0.00539. The lowest BCUT2D eigenvalue weighted by Gasteiger charge is -2.12. The van der Waals surface area contributed by atoms with Gasteiger partial charge < -0.3 is 19.5 Å². The molecule has 0 fully saturated rings. The van der Waals surface area contributed by atoms with Crippen molar-refractivity contribution in [1.82, 2.24) is 4.98 Å². The van der Waals surface area contributed by atoms with E-state index >= 15 is 0 Å². The topological polar surface area (TPSA) is 84.3 Å².